The maximum absolute atomic E-state index is 13.3. The van der Waals surface area contributed by atoms with E-state index in [1.54, 1.807) is 0 Å². The molecule has 0 radical (unpaired) electrons. The molecular formula is C30H40N4O6. The fraction of sp³-hybridized carbons (Fsp3) is 0.467. The highest BCUT2D eigenvalue weighted by molar-refractivity contribution is 6.27. The molecule has 2 aromatic rings. The predicted octanol–water partition coefficient (Wildman–Crippen LogP) is 2.93. The number of amides is 1. The molecule has 216 valence electrons. The SMILES string of the molecule is CN(C)CCCN1C(=O)C(CCCCN2CCN(c3ccccc3)CC2)C(=O)c2ccccc21.O=C(O)C(=O)O. The van der Waals surface area contributed by atoms with Crippen LogP contribution in [-0.2, 0) is 14.4 Å². The smallest absolute Gasteiger partial charge is 0.414 e. The number of para-hydroxylation sites is 2. The summed E-state index contributed by atoms with van der Waals surface area (Å²) in [5.41, 5.74) is 2.78. The number of unbranched alkanes of at least 4 members (excludes halogenated alkanes) is 1. The summed E-state index contributed by atoms with van der Waals surface area (Å²) in [6, 6.07) is 18.2. The standard InChI is InChI=1S/C28H38N4O2.C2H2O4/c1-29(2)16-10-18-32-26-15-7-6-13-24(26)27(33)25(28(32)34)14-8-9-17-30-19-21-31(22-20-30)23-11-4-3-5-12-23;3-1(4)2(5)6/h3-7,11-13,15,25H,8-10,14,16-22H2,1-2H3;(H,3,4)(H,5,6). The van der Waals surface area contributed by atoms with Crippen LogP contribution in [0.5, 0.6) is 0 Å². The molecule has 1 unspecified atom stereocenters. The number of carboxylic acids is 2. The minimum absolute atomic E-state index is 0.000866. The van der Waals surface area contributed by atoms with Crippen molar-refractivity contribution in [2.24, 2.45) is 5.92 Å². The van der Waals surface area contributed by atoms with E-state index in [1.807, 2.05) is 43.3 Å². The van der Waals surface area contributed by atoms with Crippen molar-refractivity contribution in [3.8, 4) is 0 Å². The third-order valence-electron chi connectivity index (χ3n) is 7.22. The van der Waals surface area contributed by atoms with Gasteiger partial charge in [-0.3, -0.25) is 14.5 Å². The molecular weight excluding hydrogens is 512 g/mol. The third-order valence-corrected chi connectivity index (χ3v) is 7.22. The lowest BCUT2D eigenvalue weighted by atomic mass is 9.86. The number of piperazine rings is 1. The Morgan fingerprint density at radius 1 is 0.825 bits per heavy atom. The molecule has 0 bridgehead atoms. The molecule has 1 saturated heterocycles. The van der Waals surface area contributed by atoms with E-state index < -0.39 is 17.9 Å². The van der Waals surface area contributed by atoms with Gasteiger partial charge in [0, 0.05) is 44.0 Å². The third kappa shape index (κ3) is 8.62. The lowest BCUT2D eigenvalue weighted by Crippen LogP contribution is -2.47. The van der Waals surface area contributed by atoms with Crippen molar-refractivity contribution in [1.82, 2.24) is 9.80 Å². The second kappa shape index (κ2) is 15.1. The fourth-order valence-electron chi connectivity index (χ4n) is 5.11. The summed E-state index contributed by atoms with van der Waals surface area (Å²) in [6.45, 7) is 6.81. The van der Waals surface area contributed by atoms with Gasteiger partial charge in [0.1, 0.15) is 5.92 Å². The Kier molecular flexibility index (Phi) is 11.6. The number of ketones is 1. The highest BCUT2D eigenvalue weighted by atomic mass is 16.4. The van der Waals surface area contributed by atoms with Gasteiger partial charge < -0.3 is 24.9 Å². The first kappa shape index (κ1) is 30.8. The van der Waals surface area contributed by atoms with Crippen molar-refractivity contribution in [2.75, 3.05) is 69.7 Å². The largest absolute Gasteiger partial charge is 0.473 e. The Labute approximate surface area is 235 Å². The predicted molar refractivity (Wildman–Crippen MR) is 154 cm³/mol. The molecule has 10 nitrogen and oxygen atoms in total. The fourth-order valence-corrected chi connectivity index (χ4v) is 5.11. The van der Waals surface area contributed by atoms with Crippen LogP contribution >= 0.6 is 0 Å². The number of carbonyl (C=O) groups is 4. The first-order chi connectivity index (χ1) is 19.2. The molecule has 0 aliphatic carbocycles. The summed E-state index contributed by atoms with van der Waals surface area (Å²) in [5, 5.41) is 14.8. The van der Waals surface area contributed by atoms with E-state index in [0.29, 0.717) is 18.5 Å². The maximum atomic E-state index is 13.3. The average Bonchev–Trinajstić information content (AvgIpc) is 2.95. The number of nitrogens with zero attached hydrogens (tertiary/aromatic N) is 4. The van der Waals surface area contributed by atoms with Crippen LogP contribution in [0.1, 0.15) is 36.0 Å². The number of fused-ring (bicyclic) bond motifs is 1. The second-order valence-corrected chi connectivity index (χ2v) is 10.4. The summed E-state index contributed by atoms with van der Waals surface area (Å²) in [6.07, 6.45) is 3.45. The van der Waals surface area contributed by atoms with E-state index in [4.69, 9.17) is 19.8 Å². The van der Waals surface area contributed by atoms with E-state index in [2.05, 4.69) is 45.0 Å². The van der Waals surface area contributed by atoms with Gasteiger partial charge in [0.2, 0.25) is 5.91 Å². The summed E-state index contributed by atoms with van der Waals surface area (Å²) in [7, 11) is 4.08. The number of aliphatic carboxylic acids is 2. The van der Waals surface area contributed by atoms with Crippen LogP contribution in [0.3, 0.4) is 0 Å². The molecule has 1 fully saturated rings. The molecule has 1 amide bonds. The summed E-state index contributed by atoms with van der Waals surface area (Å²) >= 11 is 0. The zero-order valence-electron chi connectivity index (χ0n) is 23.4. The second-order valence-electron chi connectivity index (χ2n) is 10.4. The van der Waals surface area contributed by atoms with Gasteiger partial charge in [0.25, 0.3) is 0 Å². The minimum Gasteiger partial charge on any atom is -0.473 e. The number of rotatable bonds is 10. The van der Waals surface area contributed by atoms with Crippen LogP contribution in [0, 0.1) is 5.92 Å². The van der Waals surface area contributed by atoms with Crippen molar-refractivity contribution in [3.05, 3.63) is 60.2 Å². The lowest BCUT2D eigenvalue weighted by Gasteiger charge is -2.36. The van der Waals surface area contributed by atoms with Crippen LogP contribution in [0.2, 0.25) is 0 Å². The van der Waals surface area contributed by atoms with Crippen molar-refractivity contribution in [3.63, 3.8) is 0 Å². The Bertz CT molecular complexity index is 1140. The quantitative estimate of drug-likeness (QED) is 0.260. The van der Waals surface area contributed by atoms with Crippen LogP contribution < -0.4 is 9.80 Å². The number of hydrogen-bond acceptors (Lipinski definition) is 7. The number of carbonyl (C=O) groups excluding carboxylic acids is 2. The molecule has 0 aromatic heterocycles. The molecule has 2 aliphatic heterocycles. The van der Waals surface area contributed by atoms with Crippen molar-refractivity contribution < 1.29 is 29.4 Å². The molecule has 2 heterocycles. The summed E-state index contributed by atoms with van der Waals surface area (Å²) < 4.78 is 0. The van der Waals surface area contributed by atoms with Gasteiger partial charge in [-0.05, 0) is 70.7 Å². The van der Waals surface area contributed by atoms with Gasteiger partial charge in [0.15, 0.2) is 5.78 Å². The maximum Gasteiger partial charge on any atom is 0.414 e. The van der Waals surface area contributed by atoms with Crippen LogP contribution in [0.25, 0.3) is 0 Å². The van der Waals surface area contributed by atoms with E-state index in [0.717, 1.165) is 64.2 Å². The minimum atomic E-state index is -1.82. The van der Waals surface area contributed by atoms with Crippen LogP contribution in [-0.4, -0.2) is 104 Å². The number of benzene rings is 2. The van der Waals surface area contributed by atoms with Gasteiger partial charge in [-0.2, -0.15) is 0 Å². The molecule has 40 heavy (non-hydrogen) atoms. The molecule has 0 spiro atoms. The molecule has 2 aliphatic rings. The summed E-state index contributed by atoms with van der Waals surface area (Å²) in [5.74, 6) is -4.20. The van der Waals surface area contributed by atoms with Gasteiger partial charge in [0.05, 0.1) is 5.69 Å². The first-order valence-corrected chi connectivity index (χ1v) is 13.8. The van der Waals surface area contributed by atoms with E-state index >= 15 is 0 Å². The Hall–Kier alpha value is -3.76. The number of anilines is 2. The van der Waals surface area contributed by atoms with Crippen molar-refractivity contribution in [2.45, 2.75) is 25.7 Å². The Balaban J connectivity index is 0.000000663. The van der Waals surface area contributed by atoms with E-state index in [-0.39, 0.29) is 11.7 Å². The Morgan fingerprint density at radius 2 is 1.45 bits per heavy atom. The molecule has 2 aromatic carbocycles. The first-order valence-electron chi connectivity index (χ1n) is 13.8. The highest BCUT2D eigenvalue weighted by Crippen LogP contribution is 2.33. The Morgan fingerprint density at radius 3 is 2.08 bits per heavy atom. The zero-order valence-corrected chi connectivity index (χ0v) is 23.4. The molecule has 0 saturated carbocycles. The van der Waals surface area contributed by atoms with Crippen molar-refractivity contribution in [1.29, 1.82) is 0 Å². The monoisotopic (exact) mass is 552 g/mol. The van der Waals surface area contributed by atoms with Gasteiger partial charge in [-0.25, -0.2) is 9.59 Å². The molecule has 2 N–H and O–H groups in total. The normalized spacial score (nSPS) is 17.3. The van der Waals surface area contributed by atoms with Gasteiger partial charge >= 0.3 is 11.9 Å². The van der Waals surface area contributed by atoms with Gasteiger partial charge in [-0.15, -0.1) is 0 Å². The van der Waals surface area contributed by atoms with Crippen LogP contribution in [0.15, 0.2) is 54.6 Å². The molecule has 10 heteroatoms. The average molecular weight is 553 g/mol. The summed E-state index contributed by atoms with van der Waals surface area (Å²) in [4.78, 5) is 53.6. The number of carboxylic acid groups (broad SMARTS) is 2. The number of Topliss-reactive ketones (excluding diaryl/α,β-unsaturated/α-hetero) is 1. The van der Waals surface area contributed by atoms with Gasteiger partial charge in [-0.1, -0.05) is 36.8 Å². The van der Waals surface area contributed by atoms with Crippen LogP contribution in [0.4, 0.5) is 11.4 Å². The highest BCUT2D eigenvalue weighted by Gasteiger charge is 2.38. The zero-order chi connectivity index (χ0) is 29.1. The van der Waals surface area contributed by atoms with E-state index in [9.17, 15) is 9.59 Å². The topological polar surface area (TPSA) is 122 Å². The van der Waals surface area contributed by atoms with E-state index in [1.165, 1.54) is 5.69 Å². The molecule has 1 atom stereocenters. The molecule has 4 rings (SSSR count). The van der Waals surface area contributed by atoms with Crippen molar-refractivity contribution >= 4 is 35.0 Å². The lowest BCUT2D eigenvalue weighted by molar-refractivity contribution is -0.159. The number of hydrogen-bond donors (Lipinski definition) is 2.